The lowest BCUT2D eigenvalue weighted by Crippen LogP contribution is -2.20. The van der Waals surface area contributed by atoms with Crippen LogP contribution < -0.4 is 5.73 Å². The lowest BCUT2D eigenvalue weighted by Gasteiger charge is -2.28. The zero-order chi connectivity index (χ0) is 10.1. The molecule has 0 radical (unpaired) electrons. The Morgan fingerprint density at radius 2 is 2.21 bits per heavy atom. The van der Waals surface area contributed by atoms with E-state index in [1.54, 1.807) is 0 Å². The van der Waals surface area contributed by atoms with Gasteiger partial charge in [-0.1, -0.05) is 19.3 Å². The Labute approximate surface area is 90.3 Å². The van der Waals surface area contributed by atoms with Crippen molar-refractivity contribution in [3.05, 3.63) is 21.4 Å². The first-order valence-corrected chi connectivity index (χ1v) is 6.31. The van der Waals surface area contributed by atoms with Gasteiger partial charge < -0.3 is 5.73 Å². The molecule has 78 valence electrons. The molecule has 2 N–H and O–H groups in total. The Kier molecular flexibility index (Phi) is 2.93. The molecule has 1 nitrogen and oxygen atoms in total. The van der Waals surface area contributed by atoms with E-state index in [2.05, 4.69) is 19.9 Å². The molecular weight excluding hydrogens is 190 g/mol. The largest absolute Gasteiger partial charge is 0.324 e. The quantitative estimate of drug-likeness (QED) is 0.809. The molecule has 14 heavy (non-hydrogen) atoms. The highest BCUT2D eigenvalue weighted by Gasteiger charge is 2.22. The van der Waals surface area contributed by atoms with Gasteiger partial charge in [-0.3, -0.25) is 0 Å². The number of hydrogen-bond donors (Lipinski definition) is 1. The smallest absolute Gasteiger partial charge is 0.0308 e. The molecular formula is C12H19NS. The van der Waals surface area contributed by atoms with E-state index in [9.17, 15) is 0 Å². The zero-order valence-electron chi connectivity index (χ0n) is 9.05. The molecule has 2 heteroatoms. The van der Waals surface area contributed by atoms with Crippen molar-refractivity contribution in [3.8, 4) is 0 Å². The highest BCUT2D eigenvalue weighted by atomic mass is 32.1. The number of rotatable bonds is 3. The fourth-order valence-corrected chi connectivity index (χ4v) is 3.23. The molecule has 1 unspecified atom stereocenters. The fraction of sp³-hybridized carbons (Fsp3) is 0.667. The number of nitrogens with two attached hydrogens (primary N) is 1. The minimum Gasteiger partial charge on any atom is -0.324 e. The van der Waals surface area contributed by atoms with Crippen molar-refractivity contribution >= 4 is 11.3 Å². The van der Waals surface area contributed by atoms with Gasteiger partial charge in [0, 0.05) is 15.8 Å². The van der Waals surface area contributed by atoms with Crippen LogP contribution in [0.2, 0.25) is 0 Å². The SMILES string of the molecule is Cc1cc(C(N)CC2CCC2)c(C)s1. The van der Waals surface area contributed by atoms with Gasteiger partial charge in [-0.2, -0.15) is 0 Å². The first-order chi connectivity index (χ1) is 6.66. The summed E-state index contributed by atoms with van der Waals surface area (Å²) in [5.41, 5.74) is 7.61. The van der Waals surface area contributed by atoms with E-state index < -0.39 is 0 Å². The summed E-state index contributed by atoms with van der Waals surface area (Å²) in [6, 6.07) is 2.55. The maximum Gasteiger partial charge on any atom is 0.0308 e. The van der Waals surface area contributed by atoms with Crippen LogP contribution in [0.4, 0.5) is 0 Å². The van der Waals surface area contributed by atoms with Crippen molar-refractivity contribution in [3.63, 3.8) is 0 Å². The van der Waals surface area contributed by atoms with Crippen LogP contribution in [0.1, 0.15) is 47.0 Å². The lowest BCUT2D eigenvalue weighted by molar-refractivity contribution is 0.277. The van der Waals surface area contributed by atoms with Gasteiger partial charge in [0.05, 0.1) is 0 Å². The second-order valence-electron chi connectivity index (χ2n) is 4.51. The topological polar surface area (TPSA) is 26.0 Å². The van der Waals surface area contributed by atoms with Crippen LogP contribution in [0, 0.1) is 19.8 Å². The maximum atomic E-state index is 6.23. The maximum absolute atomic E-state index is 6.23. The Morgan fingerprint density at radius 3 is 2.64 bits per heavy atom. The standard InChI is InChI=1S/C12H19NS/c1-8-6-11(9(2)14-8)12(13)7-10-4-3-5-10/h6,10,12H,3-5,7,13H2,1-2H3. The van der Waals surface area contributed by atoms with Crippen LogP contribution >= 0.6 is 11.3 Å². The molecule has 1 atom stereocenters. The minimum absolute atomic E-state index is 0.283. The van der Waals surface area contributed by atoms with Crippen LogP contribution in [0.3, 0.4) is 0 Å². The van der Waals surface area contributed by atoms with Crippen molar-refractivity contribution in [1.29, 1.82) is 0 Å². The predicted octanol–water partition coefficient (Wildman–Crippen LogP) is 3.55. The van der Waals surface area contributed by atoms with E-state index in [0.717, 1.165) is 5.92 Å². The van der Waals surface area contributed by atoms with Gasteiger partial charge in [-0.25, -0.2) is 0 Å². The normalized spacial score (nSPS) is 19.4. The van der Waals surface area contributed by atoms with E-state index in [-0.39, 0.29) is 6.04 Å². The first-order valence-electron chi connectivity index (χ1n) is 5.49. The van der Waals surface area contributed by atoms with Crippen molar-refractivity contribution in [1.82, 2.24) is 0 Å². The Morgan fingerprint density at radius 1 is 1.50 bits per heavy atom. The summed E-state index contributed by atoms with van der Waals surface area (Å²) in [4.78, 5) is 2.80. The van der Waals surface area contributed by atoms with Crippen LogP contribution in [0.15, 0.2) is 6.07 Å². The molecule has 0 aliphatic heterocycles. The molecule has 0 spiro atoms. The van der Waals surface area contributed by atoms with Crippen LogP contribution in [-0.2, 0) is 0 Å². The van der Waals surface area contributed by atoms with E-state index in [1.165, 1.54) is 41.0 Å². The molecule has 0 amide bonds. The molecule has 1 heterocycles. The molecule has 1 saturated carbocycles. The van der Waals surface area contributed by atoms with E-state index in [4.69, 9.17) is 5.73 Å². The van der Waals surface area contributed by atoms with Crippen molar-refractivity contribution in [2.24, 2.45) is 11.7 Å². The van der Waals surface area contributed by atoms with Gasteiger partial charge >= 0.3 is 0 Å². The second kappa shape index (κ2) is 4.03. The van der Waals surface area contributed by atoms with Crippen LogP contribution in [0.5, 0.6) is 0 Å². The molecule has 2 rings (SSSR count). The molecule has 1 aliphatic rings. The van der Waals surface area contributed by atoms with Gasteiger partial charge in [-0.15, -0.1) is 11.3 Å². The third-order valence-corrected chi connectivity index (χ3v) is 4.27. The number of thiophene rings is 1. The van der Waals surface area contributed by atoms with Gasteiger partial charge in [0.2, 0.25) is 0 Å². The summed E-state index contributed by atoms with van der Waals surface area (Å²) in [5, 5.41) is 0. The minimum atomic E-state index is 0.283. The van der Waals surface area contributed by atoms with Crippen LogP contribution in [-0.4, -0.2) is 0 Å². The fourth-order valence-electron chi connectivity index (χ4n) is 2.23. The molecule has 1 aromatic heterocycles. The van der Waals surface area contributed by atoms with Crippen LogP contribution in [0.25, 0.3) is 0 Å². The van der Waals surface area contributed by atoms with Crippen molar-refractivity contribution < 1.29 is 0 Å². The number of hydrogen-bond acceptors (Lipinski definition) is 2. The Hall–Kier alpha value is -0.340. The van der Waals surface area contributed by atoms with Gasteiger partial charge in [-0.05, 0) is 37.8 Å². The van der Waals surface area contributed by atoms with Crippen molar-refractivity contribution in [2.75, 3.05) is 0 Å². The average molecular weight is 209 g/mol. The lowest BCUT2D eigenvalue weighted by atomic mass is 9.80. The van der Waals surface area contributed by atoms with Gasteiger partial charge in [0.1, 0.15) is 0 Å². The molecule has 0 aromatic carbocycles. The predicted molar refractivity (Wildman–Crippen MR) is 62.7 cm³/mol. The monoisotopic (exact) mass is 209 g/mol. The average Bonchev–Trinajstić information content (AvgIpc) is 2.37. The van der Waals surface area contributed by atoms with Gasteiger partial charge in [0.15, 0.2) is 0 Å². The molecule has 0 saturated heterocycles. The third kappa shape index (κ3) is 2.01. The second-order valence-corrected chi connectivity index (χ2v) is 5.97. The van der Waals surface area contributed by atoms with Gasteiger partial charge in [0.25, 0.3) is 0 Å². The van der Waals surface area contributed by atoms with E-state index >= 15 is 0 Å². The molecule has 0 bridgehead atoms. The highest BCUT2D eigenvalue weighted by molar-refractivity contribution is 7.12. The zero-order valence-corrected chi connectivity index (χ0v) is 9.86. The van der Waals surface area contributed by atoms with E-state index in [1.807, 2.05) is 11.3 Å². The Bertz CT molecular complexity index is 312. The first kappa shape index (κ1) is 10.2. The third-order valence-electron chi connectivity index (χ3n) is 3.29. The summed E-state index contributed by atoms with van der Waals surface area (Å²) in [5.74, 6) is 0.907. The Balaban J connectivity index is 2.02. The van der Waals surface area contributed by atoms with E-state index in [0.29, 0.717) is 0 Å². The summed E-state index contributed by atoms with van der Waals surface area (Å²) in [7, 11) is 0. The molecule has 1 aromatic rings. The summed E-state index contributed by atoms with van der Waals surface area (Å²) in [6.45, 7) is 4.35. The number of aryl methyl sites for hydroxylation is 2. The highest BCUT2D eigenvalue weighted by Crippen LogP contribution is 2.36. The van der Waals surface area contributed by atoms with Crippen molar-refractivity contribution in [2.45, 2.75) is 45.6 Å². The molecule has 1 aliphatic carbocycles. The summed E-state index contributed by atoms with van der Waals surface area (Å²) in [6.07, 6.45) is 5.40. The summed E-state index contributed by atoms with van der Waals surface area (Å²) >= 11 is 1.87. The molecule has 1 fully saturated rings. The summed E-state index contributed by atoms with van der Waals surface area (Å²) < 4.78 is 0.